The van der Waals surface area contributed by atoms with Crippen LogP contribution in [0.15, 0.2) is 44.8 Å². The number of halogens is 1. The van der Waals surface area contributed by atoms with Crippen LogP contribution in [-0.2, 0) is 0 Å². The summed E-state index contributed by atoms with van der Waals surface area (Å²) in [4.78, 5) is 8.27. The predicted molar refractivity (Wildman–Crippen MR) is 66.9 cm³/mol. The van der Waals surface area contributed by atoms with Crippen LogP contribution < -0.4 is 0 Å². The Bertz CT molecular complexity index is 750. The van der Waals surface area contributed by atoms with Crippen LogP contribution in [0.25, 0.3) is 22.2 Å². The van der Waals surface area contributed by atoms with Crippen LogP contribution >= 0.6 is 15.9 Å². The van der Waals surface area contributed by atoms with Gasteiger partial charge in [0.15, 0.2) is 17.6 Å². The number of rotatable bonds is 0. The maximum atomic E-state index is 5.07. The minimum absolute atomic E-state index is 0.456. The van der Waals surface area contributed by atoms with Crippen molar-refractivity contribution in [1.82, 2.24) is 30.4 Å². The molecule has 0 saturated heterocycles. The van der Waals surface area contributed by atoms with Crippen LogP contribution in [-0.4, -0.2) is 30.4 Å². The van der Waals surface area contributed by atoms with Gasteiger partial charge in [0, 0.05) is 15.9 Å². The van der Waals surface area contributed by atoms with Crippen LogP contribution in [0.1, 0.15) is 0 Å². The van der Waals surface area contributed by atoms with Gasteiger partial charge in [-0.2, -0.15) is 20.4 Å². The van der Waals surface area contributed by atoms with Crippen LogP contribution in [0.3, 0.4) is 0 Å². The van der Waals surface area contributed by atoms with E-state index in [9.17, 15) is 0 Å². The molecule has 0 unspecified atom stereocenters. The number of hydrogen-bond donors (Lipinski definition) is 0. The van der Waals surface area contributed by atoms with Crippen molar-refractivity contribution in [2.24, 2.45) is 0 Å². The molecule has 0 aliphatic carbocycles. The zero-order valence-corrected chi connectivity index (χ0v) is 10.9. The molecule has 0 amide bonds. The highest BCUT2D eigenvalue weighted by Gasteiger charge is 2.00. The molecule has 94 valence electrons. The fraction of sp³-hybridized carbons (Fsp3) is 0. The summed E-state index contributed by atoms with van der Waals surface area (Å²) in [6, 6.07) is 0. The molecule has 4 aromatic rings. The topological polar surface area (TPSA) is 104 Å². The van der Waals surface area contributed by atoms with Gasteiger partial charge in [-0.15, -0.1) is 0 Å². The molecule has 8 nitrogen and oxygen atoms in total. The van der Waals surface area contributed by atoms with Crippen molar-refractivity contribution in [1.29, 1.82) is 0 Å². The number of hydrogen-bond acceptors (Lipinski definition) is 8. The first-order chi connectivity index (χ1) is 9.33. The summed E-state index contributed by atoms with van der Waals surface area (Å²) >= 11 is 3.09. The summed E-state index contributed by atoms with van der Waals surface area (Å²) in [7, 11) is 0. The quantitative estimate of drug-likeness (QED) is 0.484. The van der Waals surface area contributed by atoms with Gasteiger partial charge in [-0.05, 0) is 0 Å². The van der Waals surface area contributed by atoms with E-state index in [0.29, 0.717) is 21.5 Å². The molecule has 0 aliphatic rings. The second-order valence-electron chi connectivity index (χ2n) is 3.30. The highest BCUT2D eigenvalue weighted by atomic mass is 79.9. The van der Waals surface area contributed by atoms with E-state index in [1.165, 1.54) is 18.8 Å². The molecule has 0 spiro atoms. The molecular formula is C10H5BrN6O2. The summed E-state index contributed by atoms with van der Waals surface area (Å²) in [5.74, 6) is 0. The van der Waals surface area contributed by atoms with Crippen molar-refractivity contribution < 1.29 is 8.83 Å². The van der Waals surface area contributed by atoms with Crippen molar-refractivity contribution in [2.75, 3.05) is 0 Å². The van der Waals surface area contributed by atoms with E-state index >= 15 is 0 Å². The Hall–Kier alpha value is -2.42. The Labute approximate surface area is 114 Å². The van der Waals surface area contributed by atoms with Gasteiger partial charge in [0.25, 0.3) is 4.80 Å². The SMILES string of the molecule is Brc1nc2cnncc2o1.c1nc2cnncc2o1. The van der Waals surface area contributed by atoms with Crippen molar-refractivity contribution in [3.05, 3.63) is 36.0 Å². The summed E-state index contributed by atoms with van der Waals surface area (Å²) in [6.07, 6.45) is 7.52. The highest BCUT2D eigenvalue weighted by molar-refractivity contribution is 9.10. The van der Waals surface area contributed by atoms with E-state index < -0.39 is 0 Å². The average molecular weight is 321 g/mol. The zero-order chi connectivity index (χ0) is 13.1. The van der Waals surface area contributed by atoms with Crippen LogP contribution in [0.2, 0.25) is 0 Å². The van der Waals surface area contributed by atoms with Crippen molar-refractivity contribution in [3.63, 3.8) is 0 Å². The summed E-state index contributed by atoms with van der Waals surface area (Å²) < 4.78 is 9.98. The molecular weight excluding hydrogens is 316 g/mol. The lowest BCUT2D eigenvalue weighted by atomic mass is 10.5. The van der Waals surface area contributed by atoms with Crippen molar-refractivity contribution in [3.8, 4) is 0 Å². The Morgan fingerprint density at radius 1 is 0.842 bits per heavy atom. The second kappa shape index (κ2) is 5.06. The van der Waals surface area contributed by atoms with E-state index in [1.54, 1.807) is 12.4 Å². The van der Waals surface area contributed by atoms with Gasteiger partial charge in [0.2, 0.25) is 0 Å². The van der Waals surface area contributed by atoms with Crippen molar-refractivity contribution >= 4 is 38.1 Å². The smallest absolute Gasteiger partial charge is 0.265 e. The molecule has 0 fully saturated rings. The Kier molecular flexibility index (Phi) is 3.11. The van der Waals surface area contributed by atoms with E-state index in [0.717, 1.165) is 5.52 Å². The van der Waals surface area contributed by atoms with E-state index in [-0.39, 0.29) is 0 Å². The molecule has 19 heavy (non-hydrogen) atoms. The first-order valence-electron chi connectivity index (χ1n) is 5.05. The molecule has 0 saturated carbocycles. The summed E-state index contributed by atoms with van der Waals surface area (Å²) in [5.41, 5.74) is 2.76. The van der Waals surface area contributed by atoms with Crippen LogP contribution in [0.4, 0.5) is 0 Å². The molecule has 0 aliphatic heterocycles. The highest BCUT2D eigenvalue weighted by Crippen LogP contribution is 2.16. The van der Waals surface area contributed by atoms with E-state index in [2.05, 4.69) is 46.3 Å². The molecule has 0 bridgehead atoms. The Morgan fingerprint density at radius 2 is 1.53 bits per heavy atom. The second-order valence-corrected chi connectivity index (χ2v) is 3.97. The standard InChI is InChI=1S/C5H2BrN3O.C5H3N3O/c6-5-9-3-1-7-8-2-4(3)10-5;1-4-5(2-8-7-1)9-3-6-4/h1-2H;1-3H. The molecule has 0 N–H and O–H groups in total. The zero-order valence-electron chi connectivity index (χ0n) is 9.26. The van der Waals surface area contributed by atoms with Crippen LogP contribution in [0, 0.1) is 0 Å². The van der Waals surface area contributed by atoms with Gasteiger partial charge in [0.1, 0.15) is 11.0 Å². The maximum Gasteiger partial charge on any atom is 0.265 e. The molecule has 4 heterocycles. The minimum Gasteiger partial charge on any atom is -0.442 e. The molecule has 0 aromatic carbocycles. The van der Waals surface area contributed by atoms with Crippen LogP contribution in [0.5, 0.6) is 0 Å². The lowest BCUT2D eigenvalue weighted by molar-refractivity contribution is 0.568. The lowest BCUT2D eigenvalue weighted by Gasteiger charge is -1.77. The predicted octanol–water partition coefficient (Wildman–Crippen LogP) is 2.00. The Morgan fingerprint density at radius 3 is 2.26 bits per heavy atom. The van der Waals surface area contributed by atoms with E-state index in [4.69, 9.17) is 8.83 Å². The lowest BCUT2D eigenvalue weighted by Crippen LogP contribution is -1.75. The summed E-state index contributed by atoms with van der Waals surface area (Å²) in [5, 5.41) is 14.5. The maximum absolute atomic E-state index is 5.07. The molecule has 4 aromatic heterocycles. The fourth-order valence-corrected chi connectivity index (χ4v) is 1.67. The fourth-order valence-electron chi connectivity index (χ4n) is 1.31. The molecule has 4 rings (SSSR count). The summed E-state index contributed by atoms with van der Waals surface area (Å²) in [6.45, 7) is 0. The normalized spacial score (nSPS) is 10.4. The van der Waals surface area contributed by atoms with Crippen molar-refractivity contribution in [2.45, 2.75) is 0 Å². The number of fused-ring (bicyclic) bond motifs is 2. The van der Waals surface area contributed by atoms with E-state index in [1.807, 2.05) is 0 Å². The average Bonchev–Trinajstić information content (AvgIpc) is 3.03. The molecule has 0 radical (unpaired) electrons. The van der Waals surface area contributed by atoms with Gasteiger partial charge >= 0.3 is 0 Å². The number of nitrogens with zero attached hydrogens (tertiary/aromatic N) is 6. The third kappa shape index (κ3) is 2.55. The van der Waals surface area contributed by atoms with Gasteiger partial charge in [-0.25, -0.2) is 9.97 Å². The first kappa shape index (κ1) is 11.7. The van der Waals surface area contributed by atoms with Gasteiger partial charge in [-0.3, -0.25) is 0 Å². The monoisotopic (exact) mass is 320 g/mol. The van der Waals surface area contributed by atoms with Gasteiger partial charge in [0.05, 0.1) is 24.8 Å². The molecule has 9 heteroatoms. The Balaban J connectivity index is 0.000000117. The largest absolute Gasteiger partial charge is 0.442 e. The number of oxazole rings is 2. The molecule has 0 atom stereocenters. The minimum atomic E-state index is 0.456. The third-order valence-electron chi connectivity index (χ3n) is 2.12. The number of aromatic nitrogens is 6. The van der Waals surface area contributed by atoms with Gasteiger partial charge < -0.3 is 8.83 Å². The van der Waals surface area contributed by atoms with Gasteiger partial charge in [-0.1, -0.05) is 0 Å². The first-order valence-corrected chi connectivity index (χ1v) is 5.85. The third-order valence-corrected chi connectivity index (χ3v) is 2.46.